The van der Waals surface area contributed by atoms with Crippen LogP contribution in [0, 0.1) is 21.4 Å². The number of non-ortho nitro benzene ring substituents is 1. The molecule has 1 aliphatic rings. The largest absolute Gasteiger partial charge is 0.454 e. The molecule has 1 N–H and O–H groups in total. The first-order chi connectivity index (χ1) is 16.2. The molecule has 0 atom stereocenters. The number of anilines is 1. The Morgan fingerprint density at radius 2 is 1.94 bits per heavy atom. The number of benzene rings is 2. The number of esters is 1. The van der Waals surface area contributed by atoms with E-state index in [-0.39, 0.29) is 23.7 Å². The highest BCUT2D eigenvalue weighted by molar-refractivity contribution is 5.95. The van der Waals surface area contributed by atoms with E-state index in [9.17, 15) is 24.5 Å². The molecule has 0 radical (unpaired) electrons. The summed E-state index contributed by atoms with van der Waals surface area (Å²) in [6.45, 7) is -0.450. The van der Waals surface area contributed by atoms with Gasteiger partial charge in [0.15, 0.2) is 18.1 Å². The van der Waals surface area contributed by atoms with E-state index in [1.165, 1.54) is 17.0 Å². The van der Waals surface area contributed by atoms with Crippen molar-refractivity contribution in [1.29, 1.82) is 5.26 Å². The zero-order valence-electron chi connectivity index (χ0n) is 18.2. The van der Waals surface area contributed by atoms with Crippen LogP contribution in [0.15, 0.2) is 42.5 Å². The summed E-state index contributed by atoms with van der Waals surface area (Å²) in [4.78, 5) is 44.7. The summed E-state index contributed by atoms with van der Waals surface area (Å²) in [7, 11) is 3.38. The van der Waals surface area contributed by atoms with Crippen LogP contribution in [0.3, 0.4) is 0 Å². The van der Waals surface area contributed by atoms with Gasteiger partial charge in [-0.1, -0.05) is 6.07 Å². The Morgan fingerprint density at radius 1 is 1.24 bits per heavy atom. The van der Waals surface area contributed by atoms with Crippen molar-refractivity contribution in [3.05, 3.63) is 63.7 Å². The molecule has 2 amide bonds. The third kappa shape index (κ3) is 7.65. The Balaban J connectivity index is 0.000000739. The first-order valence-corrected chi connectivity index (χ1v) is 9.58. The van der Waals surface area contributed by atoms with Crippen LogP contribution in [0.25, 0.3) is 6.08 Å². The minimum absolute atomic E-state index is 0.0788. The van der Waals surface area contributed by atoms with Gasteiger partial charge in [-0.05, 0) is 29.8 Å². The van der Waals surface area contributed by atoms with Crippen molar-refractivity contribution < 1.29 is 33.5 Å². The fourth-order valence-corrected chi connectivity index (χ4v) is 2.40. The third-order valence-electron chi connectivity index (χ3n) is 3.97. The minimum Gasteiger partial charge on any atom is -0.454 e. The van der Waals surface area contributed by atoms with Gasteiger partial charge in [-0.15, -0.1) is 0 Å². The van der Waals surface area contributed by atoms with Gasteiger partial charge in [0.05, 0.1) is 16.2 Å². The van der Waals surface area contributed by atoms with E-state index >= 15 is 0 Å². The molecule has 2 aromatic carbocycles. The lowest BCUT2D eigenvalue weighted by Crippen LogP contribution is -2.20. The van der Waals surface area contributed by atoms with Gasteiger partial charge in [0, 0.05) is 32.3 Å². The summed E-state index contributed by atoms with van der Waals surface area (Å²) in [5.74, 6) is -0.261. The lowest BCUT2D eigenvalue weighted by atomic mass is 10.1. The number of carbonyl (C=O) groups is 3. The molecular weight excluding hydrogens is 448 g/mol. The number of fused-ring (bicyclic) bond motifs is 1. The first kappa shape index (κ1) is 25.3. The molecule has 1 aliphatic heterocycles. The van der Waals surface area contributed by atoms with Crippen LogP contribution in [0.5, 0.6) is 11.5 Å². The summed E-state index contributed by atoms with van der Waals surface area (Å²) in [6.07, 6.45) is 3.39. The van der Waals surface area contributed by atoms with E-state index < -0.39 is 23.4 Å². The van der Waals surface area contributed by atoms with Crippen molar-refractivity contribution in [2.24, 2.45) is 0 Å². The highest BCUT2D eigenvalue weighted by Gasteiger charge is 2.14. The van der Waals surface area contributed by atoms with E-state index in [4.69, 9.17) is 19.5 Å². The molecule has 3 rings (SSSR count). The first-order valence-electron chi connectivity index (χ1n) is 9.58. The van der Waals surface area contributed by atoms with Gasteiger partial charge in [0.25, 0.3) is 11.6 Å². The molecule has 2 aromatic rings. The van der Waals surface area contributed by atoms with Crippen LogP contribution in [-0.2, 0) is 19.1 Å². The van der Waals surface area contributed by atoms with Gasteiger partial charge in [-0.2, -0.15) is 5.26 Å². The van der Waals surface area contributed by atoms with Crippen molar-refractivity contribution in [3.63, 3.8) is 0 Å². The molecule has 176 valence electrons. The predicted molar refractivity (Wildman–Crippen MR) is 119 cm³/mol. The molecule has 1 heterocycles. The monoisotopic (exact) mass is 468 g/mol. The van der Waals surface area contributed by atoms with Crippen LogP contribution in [0.1, 0.15) is 11.1 Å². The van der Waals surface area contributed by atoms with Gasteiger partial charge < -0.3 is 24.4 Å². The van der Waals surface area contributed by atoms with E-state index in [0.717, 1.165) is 24.6 Å². The topological polar surface area (TPSA) is 161 Å². The Bertz CT molecular complexity index is 1150. The number of nitriles is 1. The van der Waals surface area contributed by atoms with Crippen molar-refractivity contribution in [2.75, 3.05) is 32.8 Å². The number of hydrogen-bond acceptors (Lipinski definition) is 9. The summed E-state index contributed by atoms with van der Waals surface area (Å²) in [5, 5.41) is 22.2. The van der Waals surface area contributed by atoms with Gasteiger partial charge in [-0.3, -0.25) is 19.7 Å². The Hall–Kier alpha value is -4.92. The van der Waals surface area contributed by atoms with Crippen molar-refractivity contribution >= 4 is 35.7 Å². The number of nitro benzene ring substituents is 1. The summed E-state index contributed by atoms with van der Waals surface area (Å²) in [5.41, 5.74) is 0.399. The zero-order chi connectivity index (χ0) is 25.1. The third-order valence-corrected chi connectivity index (χ3v) is 3.97. The van der Waals surface area contributed by atoms with Crippen LogP contribution in [0.2, 0.25) is 0 Å². The number of amides is 2. The number of nitrogens with zero attached hydrogens (tertiary/aromatic N) is 3. The van der Waals surface area contributed by atoms with Gasteiger partial charge in [0.2, 0.25) is 13.2 Å². The SMILES string of the molecule is CN(C)C=O.N#Cc1cc([N+](=O)[O-])ccc1NC(=O)COC(=O)/C=C/c1ccc2c(c1)OCO2. The van der Waals surface area contributed by atoms with Crippen molar-refractivity contribution in [3.8, 4) is 17.6 Å². The molecule has 0 aliphatic carbocycles. The highest BCUT2D eigenvalue weighted by atomic mass is 16.7. The number of nitro groups is 1. The number of carbonyl (C=O) groups excluding carboxylic acids is 3. The fraction of sp³-hybridized carbons (Fsp3) is 0.182. The van der Waals surface area contributed by atoms with Crippen molar-refractivity contribution in [1.82, 2.24) is 4.90 Å². The van der Waals surface area contributed by atoms with E-state index in [2.05, 4.69) is 5.32 Å². The highest BCUT2D eigenvalue weighted by Crippen LogP contribution is 2.32. The van der Waals surface area contributed by atoms with Crippen LogP contribution in [0.4, 0.5) is 11.4 Å². The standard InChI is InChI=1S/C19H13N3O7.C3H7NO/c20-9-13-8-14(22(25)26)3-4-15(13)21-18(23)10-27-19(24)6-2-12-1-5-16-17(7-12)29-11-28-16;1-4(2)3-5/h1-8H,10-11H2,(H,21,23);3H,1-2H3/b6-2+;. The second-order valence-corrected chi connectivity index (χ2v) is 6.77. The number of rotatable bonds is 7. The predicted octanol–water partition coefficient (Wildman–Crippen LogP) is 2.09. The maximum Gasteiger partial charge on any atom is 0.331 e. The number of nitrogens with one attached hydrogen (secondary N) is 1. The Morgan fingerprint density at radius 3 is 2.59 bits per heavy atom. The molecule has 0 unspecified atom stereocenters. The second-order valence-electron chi connectivity index (χ2n) is 6.77. The molecule has 0 saturated heterocycles. The average molecular weight is 468 g/mol. The molecule has 12 nitrogen and oxygen atoms in total. The van der Waals surface area contributed by atoms with Crippen LogP contribution in [-0.4, -0.2) is 55.6 Å². The molecule has 0 spiro atoms. The van der Waals surface area contributed by atoms with Crippen LogP contribution < -0.4 is 14.8 Å². The fourth-order valence-electron chi connectivity index (χ4n) is 2.40. The van der Waals surface area contributed by atoms with E-state index in [1.54, 1.807) is 38.4 Å². The molecular formula is C22H20N4O8. The summed E-state index contributed by atoms with van der Waals surface area (Å²) < 4.78 is 15.3. The Kier molecular flexibility index (Phi) is 9.09. The lowest BCUT2D eigenvalue weighted by Gasteiger charge is -2.07. The second kappa shape index (κ2) is 12.2. The molecule has 0 saturated carbocycles. The molecule has 12 heteroatoms. The lowest BCUT2D eigenvalue weighted by molar-refractivity contribution is -0.384. The number of ether oxygens (including phenoxy) is 3. The summed E-state index contributed by atoms with van der Waals surface area (Å²) >= 11 is 0. The Labute approximate surface area is 194 Å². The number of hydrogen-bond donors (Lipinski definition) is 1. The van der Waals surface area contributed by atoms with Crippen LogP contribution >= 0.6 is 0 Å². The van der Waals surface area contributed by atoms with Gasteiger partial charge in [0.1, 0.15) is 6.07 Å². The van der Waals surface area contributed by atoms with Gasteiger partial charge in [-0.25, -0.2) is 4.79 Å². The maximum atomic E-state index is 11.9. The molecule has 34 heavy (non-hydrogen) atoms. The normalized spacial score (nSPS) is 11.0. The maximum absolute atomic E-state index is 11.9. The average Bonchev–Trinajstić information content (AvgIpc) is 3.29. The smallest absolute Gasteiger partial charge is 0.331 e. The quantitative estimate of drug-likeness (QED) is 0.211. The van der Waals surface area contributed by atoms with E-state index in [0.29, 0.717) is 17.1 Å². The molecule has 0 bridgehead atoms. The summed E-state index contributed by atoms with van der Waals surface area (Å²) in [6, 6.07) is 10.3. The van der Waals surface area contributed by atoms with E-state index in [1.807, 2.05) is 0 Å². The van der Waals surface area contributed by atoms with Gasteiger partial charge >= 0.3 is 5.97 Å². The molecule has 0 aromatic heterocycles. The zero-order valence-corrected chi connectivity index (χ0v) is 18.2. The van der Waals surface area contributed by atoms with Crippen molar-refractivity contribution in [2.45, 2.75) is 0 Å². The molecule has 0 fully saturated rings. The minimum atomic E-state index is -0.748.